The van der Waals surface area contributed by atoms with Gasteiger partial charge in [0, 0.05) is 28.5 Å². The van der Waals surface area contributed by atoms with Gasteiger partial charge in [0.05, 0.1) is 16.7 Å². The molecule has 1 aromatic heterocycles. The molecule has 0 amide bonds. The van der Waals surface area contributed by atoms with E-state index >= 15 is 0 Å². The highest BCUT2D eigenvalue weighted by Crippen LogP contribution is 2.37. The van der Waals surface area contributed by atoms with Crippen molar-refractivity contribution in [1.29, 1.82) is 0 Å². The Hall–Kier alpha value is -0.810. The van der Waals surface area contributed by atoms with Gasteiger partial charge in [-0.05, 0) is 28.1 Å². The van der Waals surface area contributed by atoms with Crippen LogP contribution < -0.4 is 4.74 Å². The predicted octanol–water partition coefficient (Wildman–Crippen LogP) is 4.44. The molecular formula is C12H8BrCl2NO2. The molecule has 0 unspecified atom stereocenters. The van der Waals surface area contributed by atoms with Gasteiger partial charge >= 0.3 is 0 Å². The van der Waals surface area contributed by atoms with Crippen molar-refractivity contribution < 1.29 is 9.84 Å². The standard InChI is InChI=1S/C12H8BrCl2NO2/c13-8-3-10(15)12(4-9(8)14)18-11-1-2-16-5-7(11)6-17/h1-5,17H,6H2. The van der Waals surface area contributed by atoms with E-state index in [1.54, 1.807) is 24.4 Å². The molecule has 0 radical (unpaired) electrons. The van der Waals surface area contributed by atoms with Crippen molar-refractivity contribution in [3.05, 3.63) is 50.7 Å². The van der Waals surface area contributed by atoms with Crippen LogP contribution >= 0.6 is 39.1 Å². The van der Waals surface area contributed by atoms with E-state index in [9.17, 15) is 5.11 Å². The Morgan fingerprint density at radius 3 is 2.72 bits per heavy atom. The van der Waals surface area contributed by atoms with Crippen molar-refractivity contribution in [2.75, 3.05) is 0 Å². The first-order chi connectivity index (χ1) is 8.61. The Labute approximate surface area is 122 Å². The third-order valence-electron chi connectivity index (χ3n) is 2.22. The molecule has 1 aromatic carbocycles. The lowest BCUT2D eigenvalue weighted by Crippen LogP contribution is -1.93. The van der Waals surface area contributed by atoms with E-state index in [1.807, 2.05) is 0 Å². The van der Waals surface area contributed by atoms with Crippen LogP contribution in [0.3, 0.4) is 0 Å². The van der Waals surface area contributed by atoms with Gasteiger partial charge in [-0.2, -0.15) is 0 Å². The second-order valence-electron chi connectivity index (χ2n) is 3.44. The monoisotopic (exact) mass is 347 g/mol. The van der Waals surface area contributed by atoms with Gasteiger partial charge in [0.15, 0.2) is 0 Å². The first-order valence-electron chi connectivity index (χ1n) is 4.98. The zero-order valence-corrected chi connectivity index (χ0v) is 12.1. The summed E-state index contributed by atoms with van der Waals surface area (Å²) < 4.78 is 6.32. The predicted molar refractivity (Wildman–Crippen MR) is 74.4 cm³/mol. The number of rotatable bonds is 3. The minimum Gasteiger partial charge on any atom is -0.455 e. The van der Waals surface area contributed by atoms with Gasteiger partial charge in [-0.1, -0.05) is 23.2 Å². The van der Waals surface area contributed by atoms with E-state index in [2.05, 4.69) is 20.9 Å². The summed E-state index contributed by atoms with van der Waals surface area (Å²) >= 11 is 15.3. The number of pyridine rings is 1. The van der Waals surface area contributed by atoms with Crippen molar-refractivity contribution in [3.8, 4) is 11.5 Å². The Balaban J connectivity index is 2.37. The van der Waals surface area contributed by atoms with E-state index < -0.39 is 0 Å². The summed E-state index contributed by atoms with van der Waals surface area (Å²) in [7, 11) is 0. The molecule has 0 fully saturated rings. The lowest BCUT2D eigenvalue weighted by Gasteiger charge is -2.11. The van der Waals surface area contributed by atoms with Crippen LogP contribution in [0, 0.1) is 0 Å². The fourth-order valence-electron chi connectivity index (χ4n) is 1.33. The smallest absolute Gasteiger partial charge is 0.147 e. The summed E-state index contributed by atoms with van der Waals surface area (Å²) in [6, 6.07) is 4.91. The Bertz CT molecular complexity index is 578. The number of aliphatic hydroxyl groups excluding tert-OH is 1. The van der Waals surface area contributed by atoms with E-state index in [4.69, 9.17) is 27.9 Å². The molecular weight excluding hydrogens is 341 g/mol. The quantitative estimate of drug-likeness (QED) is 0.834. The van der Waals surface area contributed by atoms with Crippen molar-refractivity contribution in [3.63, 3.8) is 0 Å². The minimum absolute atomic E-state index is 0.162. The number of hydrogen-bond donors (Lipinski definition) is 1. The maximum Gasteiger partial charge on any atom is 0.147 e. The molecule has 0 aliphatic carbocycles. The van der Waals surface area contributed by atoms with Crippen LogP contribution in [0.5, 0.6) is 11.5 Å². The number of hydrogen-bond acceptors (Lipinski definition) is 3. The van der Waals surface area contributed by atoms with Crippen LogP contribution in [0.4, 0.5) is 0 Å². The van der Waals surface area contributed by atoms with Gasteiger partial charge in [-0.15, -0.1) is 0 Å². The summed E-state index contributed by atoms with van der Waals surface area (Å²) in [5, 5.41) is 10.1. The fraction of sp³-hybridized carbons (Fsp3) is 0.0833. The molecule has 94 valence electrons. The maximum atomic E-state index is 9.18. The van der Waals surface area contributed by atoms with Gasteiger partial charge in [0.1, 0.15) is 11.5 Å². The van der Waals surface area contributed by atoms with Crippen LogP contribution in [0.15, 0.2) is 35.1 Å². The molecule has 0 spiro atoms. The lowest BCUT2D eigenvalue weighted by atomic mass is 10.2. The molecule has 0 bridgehead atoms. The maximum absolute atomic E-state index is 9.18. The molecule has 2 aromatic rings. The Kier molecular flexibility index (Phi) is 4.45. The van der Waals surface area contributed by atoms with Crippen molar-refractivity contribution >= 4 is 39.1 Å². The zero-order valence-electron chi connectivity index (χ0n) is 9.03. The lowest BCUT2D eigenvalue weighted by molar-refractivity contribution is 0.276. The van der Waals surface area contributed by atoms with Crippen LogP contribution in [0.25, 0.3) is 0 Å². The normalized spacial score (nSPS) is 10.4. The fourth-order valence-corrected chi connectivity index (χ4v) is 2.16. The molecule has 0 saturated carbocycles. The third kappa shape index (κ3) is 2.95. The molecule has 18 heavy (non-hydrogen) atoms. The molecule has 2 rings (SSSR count). The molecule has 6 heteroatoms. The van der Waals surface area contributed by atoms with E-state index in [0.29, 0.717) is 31.6 Å². The average molecular weight is 349 g/mol. The topological polar surface area (TPSA) is 42.4 Å². The second kappa shape index (κ2) is 5.89. The number of benzene rings is 1. The summed E-state index contributed by atoms with van der Waals surface area (Å²) in [6.07, 6.45) is 3.10. The summed E-state index contributed by atoms with van der Waals surface area (Å²) in [5.41, 5.74) is 0.576. The van der Waals surface area contributed by atoms with E-state index in [0.717, 1.165) is 0 Å². The average Bonchev–Trinajstić information content (AvgIpc) is 2.36. The molecule has 1 heterocycles. The summed E-state index contributed by atoms with van der Waals surface area (Å²) in [6.45, 7) is -0.162. The molecule has 0 saturated heterocycles. The number of ether oxygens (including phenoxy) is 1. The van der Waals surface area contributed by atoms with Crippen LogP contribution in [0.2, 0.25) is 10.0 Å². The van der Waals surface area contributed by atoms with Gasteiger partial charge in [0.2, 0.25) is 0 Å². The van der Waals surface area contributed by atoms with Crippen molar-refractivity contribution in [2.24, 2.45) is 0 Å². The van der Waals surface area contributed by atoms with Crippen molar-refractivity contribution in [1.82, 2.24) is 4.98 Å². The number of nitrogens with zero attached hydrogens (tertiary/aromatic N) is 1. The van der Waals surface area contributed by atoms with Gasteiger partial charge in [-0.3, -0.25) is 4.98 Å². The van der Waals surface area contributed by atoms with Gasteiger partial charge < -0.3 is 9.84 Å². The van der Waals surface area contributed by atoms with E-state index in [1.165, 1.54) is 6.20 Å². The molecule has 0 aliphatic heterocycles. The van der Waals surface area contributed by atoms with Gasteiger partial charge in [-0.25, -0.2) is 0 Å². The Morgan fingerprint density at radius 2 is 2.00 bits per heavy atom. The molecule has 0 aliphatic rings. The minimum atomic E-state index is -0.162. The number of halogens is 3. The SMILES string of the molecule is OCc1cnccc1Oc1cc(Cl)c(Br)cc1Cl. The highest BCUT2D eigenvalue weighted by molar-refractivity contribution is 9.10. The van der Waals surface area contributed by atoms with Crippen LogP contribution in [-0.4, -0.2) is 10.1 Å². The second-order valence-corrected chi connectivity index (χ2v) is 5.11. The first kappa shape index (κ1) is 13.6. The highest BCUT2D eigenvalue weighted by Gasteiger charge is 2.10. The number of aliphatic hydroxyl groups is 1. The molecule has 3 nitrogen and oxygen atoms in total. The van der Waals surface area contributed by atoms with E-state index in [-0.39, 0.29) is 6.61 Å². The largest absolute Gasteiger partial charge is 0.455 e. The summed E-state index contributed by atoms with van der Waals surface area (Å²) in [5.74, 6) is 0.915. The van der Waals surface area contributed by atoms with Gasteiger partial charge in [0.25, 0.3) is 0 Å². The molecule has 1 N–H and O–H groups in total. The van der Waals surface area contributed by atoms with Crippen LogP contribution in [-0.2, 0) is 6.61 Å². The highest BCUT2D eigenvalue weighted by atomic mass is 79.9. The van der Waals surface area contributed by atoms with Crippen molar-refractivity contribution in [2.45, 2.75) is 6.61 Å². The molecule has 0 atom stereocenters. The number of aromatic nitrogens is 1. The first-order valence-corrected chi connectivity index (χ1v) is 6.53. The van der Waals surface area contributed by atoms with Crippen LogP contribution in [0.1, 0.15) is 5.56 Å². The summed E-state index contributed by atoms with van der Waals surface area (Å²) in [4.78, 5) is 3.91. The zero-order chi connectivity index (χ0) is 13.1. The Morgan fingerprint density at radius 1 is 1.22 bits per heavy atom. The third-order valence-corrected chi connectivity index (χ3v) is 3.72.